The van der Waals surface area contributed by atoms with Crippen LogP contribution in [0.5, 0.6) is 0 Å². The van der Waals surface area contributed by atoms with E-state index in [4.69, 9.17) is 5.11 Å². The Hall–Kier alpha value is -2.44. The number of carboxylic acids is 1. The minimum atomic E-state index is -1.11. The molecular formula is C17H23FN2O4. The summed E-state index contributed by atoms with van der Waals surface area (Å²) in [4.78, 5) is 35.7. The van der Waals surface area contributed by atoms with Gasteiger partial charge in [0.25, 0.3) is 5.91 Å². The van der Waals surface area contributed by atoms with Gasteiger partial charge in [0.1, 0.15) is 17.9 Å². The number of hydrogen-bond donors (Lipinski definition) is 3. The number of rotatable bonds is 8. The van der Waals surface area contributed by atoms with Gasteiger partial charge in [0.05, 0.1) is 0 Å². The van der Waals surface area contributed by atoms with Gasteiger partial charge in [-0.3, -0.25) is 9.59 Å². The van der Waals surface area contributed by atoms with E-state index < -0.39 is 35.7 Å². The van der Waals surface area contributed by atoms with Gasteiger partial charge in [-0.15, -0.1) is 0 Å². The first kappa shape index (κ1) is 19.6. The van der Waals surface area contributed by atoms with E-state index in [1.54, 1.807) is 13.8 Å². The summed E-state index contributed by atoms with van der Waals surface area (Å²) >= 11 is 0. The van der Waals surface area contributed by atoms with Crippen LogP contribution in [0.1, 0.15) is 44.0 Å². The molecule has 3 N–H and O–H groups in total. The van der Waals surface area contributed by atoms with Gasteiger partial charge in [-0.1, -0.05) is 27.2 Å². The van der Waals surface area contributed by atoms with Crippen molar-refractivity contribution in [2.75, 3.05) is 0 Å². The van der Waals surface area contributed by atoms with E-state index in [-0.39, 0.29) is 11.5 Å². The zero-order valence-electron chi connectivity index (χ0n) is 14.0. The van der Waals surface area contributed by atoms with Crippen LogP contribution in [0.4, 0.5) is 4.39 Å². The standard InChI is InChI=1S/C17H23FN2O4/c1-4-5-13(17(23)24)19-16(22)14(10(2)3)20-15(21)11-6-8-12(18)9-7-11/h6-10,13-14H,4-5H2,1-3H3,(H,19,22)(H,20,21)(H,23,24). The fourth-order valence-electron chi connectivity index (χ4n) is 2.17. The minimum Gasteiger partial charge on any atom is -0.480 e. The maximum Gasteiger partial charge on any atom is 0.326 e. The van der Waals surface area contributed by atoms with Gasteiger partial charge in [-0.2, -0.15) is 0 Å². The second-order valence-electron chi connectivity index (χ2n) is 5.89. The molecule has 1 aromatic rings. The molecule has 2 amide bonds. The molecule has 7 heteroatoms. The molecule has 0 bridgehead atoms. The van der Waals surface area contributed by atoms with E-state index in [0.717, 1.165) is 12.1 Å². The van der Waals surface area contributed by atoms with Crippen molar-refractivity contribution >= 4 is 17.8 Å². The van der Waals surface area contributed by atoms with Crippen molar-refractivity contribution in [1.29, 1.82) is 0 Å². The molecule has 0 aliphatic carbocycles. The molecule has 24 heavy (non-hydrogen) atoms. The van der Waals surface area contributed by atoms with Crippen LogP contribution in [0.2, 0.25) is 0 Å². The van der Waals surface area contributed by atoms with Crippen molar-refractivity contribution in [3.05, 3.63) is 35.6 Å². The number of halogens is 1. The van der Waals surface area contributed by atoms with Crippen LogP contribution in [0.25, 0.3) is 0 Å². The summed E-state index contributed by atoms with van der Waals surface area (Å²) in [5.41, 5.74) is 0.221. The normalized spacial score (nSPS) is 13.2. The topological polar surface area (TPSA) is 95.5 Å². The van der Waals surface area contributed by atoms with E-state index in [0.29, 0.717) is 12.8 Å². The van der Waals surface area contributed by atoms with E-state index in [1.165, 1.54) is 12.1 Å². The summed E-state index contributed by atoms with van der Waals surface area (Å²) in [5.74, 6) is -2.90. The van der Waals surface area contributed by atoms with Crippen molar-refractivity contribution in [2.24, 2.45) is 5.92 Å². The van der Waals surface area contributed by atoms with Gasteiger partial charge >= 0.3 is 5.97 Å². The summed E-state index contributed by atoms with van der Waals surface area (Å²) < 4.78 is 12.9. The average Bonchev–Trinajstić information content (AvgIpc) is 2.52. The Labute approximate surface area is 140 Å². The molecule has 2 unspecified atom stereocenters. The largest absolute Gasteiger partial charge is 0.480 e. The number of hydrogen-bond acceptors (Lipinski definition) is 3. The monoisotopic (exact) mass is 338 g/mol. The molecule has 0 radical (unpaired) electrons. The first-order valence-corrected chi connectivity index (χ1v) is 7.85. The van der Waals surface area contributed by atoms with Crippen LogP contribution in [0, 0.1) is 11.7 Å². The number of benzene rings is 1. The molecule has 0 spiro atoms. The van der Waals surface area contributed by atoms with Gasteiger partial charge in [-0.25, -0.2) is 9.18 Å². The van der Waals surface area contributed by atoms with Gasteiger partial charge in [0, 0.05) is 5.56 Å². The predicted octanol–water partition coefficient (Wildman–Crippen LogP) is 1.95. The van der Waals surface area contributed by atoms with Gasteiger partial charge in [0.2, 0.25) is 5.91 Å². The Morgan fingerprint density at radius 3 is 2.17 bits per heavy atom. The summed E-state index contributed by atoms with van der Waals surface area (Å²) in [6, 6.07) is 3.06. The van der Waals surface area contributed by atoms with Gasteiger partial charge in [0.15, 0.2) is 0 Å². The summed E-state index contributed by atoms with van der Waals surface area (Å²) in [5, 5.41) is 14.1. The lowest BCUT2D eigenvalue weighted by molar-refractivity contribution is -0.142. The first-order chi connectivity index (χ1) is 11.3. The van der Waals surface area contributed by atoms with Crippen molar-refractivity contribution in [3.8, 4) is 0 Å². The molecule has 0 fully saturated rings. The maximum absolute atomic E-state index is 12.9. The zero-order valence-corrected chi connectivity index (χ0v) is 14.0. The van der Waals surface area contributed by atoms with Gasteiger partial charge in [-0.05, 0) is 36.6 Å². The van der Waals surface area contributed by atoms with E-state index in [1.807, 2.05) is 6.92 Å². The Kier molecular flexibility index (Phi) is 7.35. The molecule has 6 nitrogen and oxygen atoms in total. The lowest BCUT2D eigenvalue weighted by Crippen LogP contribution is -2.53. The molecule has 2 atom stereocenters. The zero-order chi connectivity index (χ0) is 18.3. The number of nitrogens with one attached hydrogen (secondary N) is 2. The molecule has 0 heterocycles. The minimum absolute atomic E-state index is 0.221. The number of amides is 2. The highest BCUT2D eigenvalue weighted by atomic mass is 19.1. The SMILES string of the molecule is CCCC(NC(=O)C(NC(=O)c1ccc(F)cc1)C(C)C)C(=O)O. The Morgan fingerprint density at radius 2 is 1.71 bits per heavy atom. The lowest BCUT2D eigenvalue weighted by atomic mass is 10.0. The Balaban J connectivity index is 2.82. The van der Waals surface area contributed by atoms with Crippen molar-refractivity contribution in [2.45, 2.75) is 45.7 Å². The number of carbonyl (C=O) groups is 3. The van der Waals surface area contributed by atoms with Crippen LogP contribution in [0.3, 0.4) is 0 Å². The van der Waals surface area contributed by atoms with Crippen LogP contribution in [-0.2, 0) is 9.59 Å². The van der Waals surface area contributed by atoms with E-state index in [2.05, 4.69) is 10.6 Å². The average molecular weight is 338 g/mol. The third kappa shape index (κ3) is 5.64. The maximum atomic E-state index is 12.9. The number of carboxylic acid groups (broad SMARTS) is 1. The summed E-state index contributed by atoms with van der Waals surface area (Å²) in [6.45, 7) is 5.30. The fourth-order valence-corrected chi connectivity index (χ4v) is 2.17. The lowest BCUT2D eigenvalue weighted by Gasteiger charge is -2.24. The molecule has 1 rings (SSSR count). The third-order valence-corrected chi connectivity index (χ3v) is 3.53. The van der Waals surface area contributed by atoms with Crippen LogP contribution >= 0.6 is 0 Å². The highest BCUT2D eigenvalue weighted by Crippen LogP contribution is 2.08. The molecular weight excluding hydrogens is 315 g/mol. The highest BCUT2D eigenvalue weighted by molar-refractivity contribution is 5.98. The number of carbonyl (C=O) groups excluding carboxylic acids is 2. The van der Waals surface area contributed by atoms with Crippen molar-refractivity contribution in [1.82, 2.24) is 10.6 Å². The molecule has 0 saturated carbocycles. The first-order valence-electron chi connectivity index (χ1n) is 7.85. The molecule has 0 aliphatic rings. The Morgan fingerprint density at radius 1 is 1.12 bits per heavy atom. The second-order valence-corrected chi connectivity index (χ2v) is 5.89. The molecule has 1 aromatic carbocycles. The second kappa shape index (κ2) is 9.00. The van der Waals surface area contributed by atoms with E-state index in [9.17, 15) is 18.8 Å². The molecule has 0 saturated heterocycles. The quantitative estimate of drug-likeness (QED) is 0.675. The van der Waals surface area contributed by atoms with Crippen LogP contribution < -0.4 is 10.6 Å². The van der Waals surface area contributed by atoms with Crippen molar-refractivity contribution in [3.63, 3.8) is 0 Å². The third-order valence-electron chi connectivity index (χ3n) is 3.53. The Bertz CT molecular complexity index is 587. The smallest absolute Gasteiger partial charge is 0.326 e. The molecule has 0 aromatic heterocycles. The van der Waals surface area contributed by atoms with Gasteiger partial charge < -0.3 is 15.7 Å². The molecule has 132 valence electrons. The predicted molar refractivity (Wildman–Crippen MR) is 87.0 cm³/mol. The van der Waals surface area contributed by atoms with Crippen LogP contribution in [0.15, 0.2) is 24.3 Å². The highest BCUT2D eigenvalue weighted by Gasteiger charge is 2.28. The number of aliphatic carboxylic acids is 1. The summed E-state index contributed by atoms with van der Waals surface area (Å²) in [7, 11) is 0. The van der Waals surface area contributed by atoms with E-state index >= 15 is 0 Å². The van der Waals surface area contributed by atoms with Crippen molar-refractivity contribution < 1.29 is 23.9 Å². The molecule has 0 aliphatic heterocycles. The fraction of sp³-hybridized carbons (Fsp3) is 0.471. The van der Waals surface area contributed by atoms with Crippen LogP contribution in [-0.4, -0.2) is 35.0 Å². The summed E-state index contributed by atoms with van der Waals surface area (Å²) in [6.07, 6.45) is 0.906.